The maximum absolute atomic E-state index is 10.1. The van der Waals surface area contributed by atoms with Gasteiger partial charge in [-0.25, -0.2) is 0 Å². The third kappa shape index (κ3) is 11.8. The van der Waals surface area contributed by atoms with Gasteiger partial charge in [-0.15, -0.1) is 0 Å². The number of hydrogen-bond donors (Lipinski definition) is 0. The van der Waals surface area contributed by atoms with E-state index < -0.39 is 5.97 Å². The summed E-state index contributed by atoms with van der Waals surface area (Å²) in [5.74, 6) is -1.11. The molecule has 0 aromatic heterocycles. The van der Waals surface area contributed by atoms with Crippen LogP contribution < -0.4 is 5.11 Å². The molecule has 0 aliphatic heterocycles. The normalized spacial score (nSPS) is 10.2. The molecule has 0 aromatic rings. The van der Waals surface area contributed by atoms with Crippen LogP contribution in [0.15, 0.2) is 23.3 Å². The summed E-state index contributed by atoms with van der Waals surface area (Å²) in [6.45, 7) is 5.85. The molecule has 0 aliphatic rings. The smallest absolute Gasteiger partial charge is 0.545 e. The fourth-order valence-corrected chi connectivity index (χ4v) is 0.862. The SMILES string of the molecule is CC(C)=CCC/C(C)=C\C(=O)[O-].[At+]. The van der Waals surface area contributed by atoms with E-state index in [1.54, 1.807) is 6.92 Å². The van der Waals surface area contributed by atoms with Crippen LogP contribution in [0.3, 0.4) is 0 Å². The van der Waals surface area contributed by atoms with E-state index in [0.717, 1.165) is 24.5 Å². The molecule has 0 aromatic carbocycles. The Kier molecular flexibility index (Phi) is 9.93. The van der Waals surface area contributed by atoms with Gasteiger partial charge < -0.3 is 9.90 Å². The summed E-state index contributed by atoms with van der Waals surface area (Å²) in [7, 11) is 0. The van der Waals surface area contributed by atoms with Crippen molar-refractivity contribution in [3.8, 4) is 0 Å². The van der Waals surface area contributed by atoms with Gasteiger partial charge in [0.1, 0.15) is 0 Å². The minimum absolute atomic E-state index is 0. The molecule has 0 aliphatic carbocycles. The predicted octanol–water partition coefficient (Wildman–Crippen LogP) is 1.43. The van der Waals surface area contributed by atoms with Crippen molar-refractivity contribution in [3.05, 3.63) is 23.3 Å². The number of hydrogen-bond acceptors (Lipinski definition) is 2. The molecule has 74 valence electrons. The molecule has 0 saturated heterocycles. The summed E-state index contributed by atoms with van der Waals surface area (Å²) < 4.78 is 0. The molecular weight excluding hydrogens is 362 g/mol. The first-order valence-corrected chi connectivity index (χ1v) is 4.04. The Hall–Kier alpha value is -0.167. The van der Waals surface area contributed by atoms with Crippen LogP contribution in [-0.2, 0) is 4.79 Å². The Balaban J connectivity index is 0. The Morgan fingerprint density at radius 2 is 1.85 bits per heavy atom. The Bertz CT molecular complexity index is 213. The van der Waals surface area contributed by atoms with Crippen LogP contribution in [0.5, 0.6) is 0 Å². The number of rotatable bonds is 4. The topological polar surface area (TPSA) is 40.1 Å². The summed E-state index contributed by atoms with van der Waals surface area (Å²) in [5, 5.41) is 10.1. The molecule has 0 saturated carbocycles. The Morgan fingerprint density at radius 1 is 1.31 bits per heavy atom. The molecule has 0 rings (SSSR count). The summed E-state index contributed by atoms with van der Waals surface area (Å²) in [5.41, 5.74) is 2.11. The van der Waals surface area contributed by atoms with E-state index in [2.05, 4.69) is 6.08 Å². The van der Waals surface area contributed by atoms with E-state index in [4.69, 9.17) is 0 Å². The van der Waals surface area contributed by atoms with Gasteiger partial charge in [-0.2, -0.15) is 0 Å². The summed E-state index contributed by atoms with van der Waals surface area (Å²) in [6, 6.07) is 0. The Morgan fingerprint density at radius 3 is 2.23 bits per heavy atom. The third-order valence-electron chi connectivity index (χ3n) is 1.46. The second kappa shape index (κ2) is 8.43. The molecule has 13 heavy (non-hydrogen) atoms. The van der Waals surface area contributed by atoms with Crippen molar-refractivity contribution in [1.82, 2.24) is 0 Å². The van der Waals surface area contributed by atoms with Crippen LogP contribution in [0.1, 0.15) is 33.6 Å². The number of carbonyl (C=O) groups is 1. The van der Waals surface area contributed by atoms with E-state index in [9.17, 15) is 9.90 Å². The Labute approximate surface area is 98.8 Å². The molecule has 0 spiro atoms. The van der Waals surface area contributed by atoms with Crippen molar-refractivity contribution in [1.29, 1.82) is 0 Å². The zero-order chi connectivity index (χ0) is 9.56. The van der Waals surface area contributed by atoms with Gasteiger partial charge in [-0.1, -0.05) is 17.2 Å². The van der Waals surface area contributed by atoms with E-state index in [-0.39, 0.29) is 26.2 Å². The van der Waals surface area contributed by atoms with Crippen LogP contribution in [-0.4, -0.2) is 5.97 Å². The van der Waals surface area contributed by atoms with E-state index in [1.165, 1.54) is 5.57 Å². The van der Waals surface area contributed by atoms with Gasteiger partial charge >= 0.3 is 26.2 Å². The first kappa shape index (κ1) is 15.3. The first-order valence-electron chi connectivity index (χ1n) is 4.04. The fraction of sp³-hybridized carbons (Fsp3) is 0.500. The standard InChI is InChI=1S/C10H16O2.At/c1-8(2)5-4-6-9(3)7-10(11)12;/h5,7H,4,6H2,1-3H3,(H,11,12);/q;+1/p-1/b9-7-;. The maximum Gasteiger partial charge on any atom is 1.00 e. The zero-order valence-electron chi connectivity index (χ0n) is 8.26. The van der Waals surface area contributed by atoms with E-state index in [1.807, 2.05) is 13.8 Å². The molecule has 0 bridgehead atoms. The molecular formula is C10H15AtO2. The van der Waals surface area contributed by atoms with Gasteiger partial charge in [0.15, 0.2) is 0 Å². The zero-order valence-corrected chi connectivity index (χ0v) is 11.2. The minimum atomic E-state index is -1.11. The van der Waals surface area contributed by atoms with Crippen molar-refractivity contribution in [2.75, 3.05) is 0 Å². The summed E-state index contributed by atoms with van der Waals surface area (Å²) in [6.07, 6.45) is 4.93. The quantitative estimate of drug-likeness (QED) is 0.550. The van der Waals surface area contributed by atoms with Crippen molar-refractivity contribution in [2.24, 2.45) is 0 Å². The maximum atomic E-state index is 10.1. The van der Waals surface area contributed by atoms with Crippen LogP contribution in [0, 0.1) is 26.2 Å². The van der Waals surface area contributed by atoms with E-state index in [0.29, 0.717) is 0 Å². The van der Waals surface area contributed by atoms with Crippen LogP contribution in [0.25, 0.3) is 0 Å². The van der Waals surface area contributed by atoms with Gasteiger partial charge in [0, 0.05) is 0 Å². The monoisotopic (exact) mass is 377 g/mol. The van der Waals surface area contributed by atoms with Crippen LogP contribution >= 0.6 is 0 Å². The average Bonchev–Trinajstić information content (AvgIpc) is 1.84. The number of carboxylic acid groups (broad SMARTS) is 1. The molecule has 0 heterocycles. The predicted molar refractivity (Wildman–Crippen MR) is 47.4 cm³/mol. The molecule has 0 N–H and O–H groups in total. The number of aliphatic carboxylic acids is 1. The fourth-order valence-electron chi connectivity index (χ4n) is 0.862. The molecule has 0 atom stereocenters. The second-order valence-electron chi connectivity index (χ2n) is 3.13. The number of allylic oxidation sites excluding steroid dienone is 3. The molecule has 0 amide bonds. The summed E-state index contributed by atoms with van der Waals surface area (Å²) >= 11 is 0. The molecule has 0 fully saturated rings. The largest absolute Gasteiger partial charge is 1.00 e. The van der Waals surface area contributed by atoms with Gasteiger partial charge in [-0.3, -0.25) is 0 Å². The minimum Gasteiger partial charge on any atom is -0.545 e. The van der Waals surface area contributed by atoms with Crippen molar-refractivity contribution >= 4 is 5.97 Å². The van der Waals surface area contributed by atoms with E-state index >= 15 is 0 Å². The third-order valence-corrected chi connectivity index (χ3v) is 1.46. The molecule has 2 nitrogen and oxygen atoms in total. The van der Waals surface area contributed by atoms with Crippen molar-refractivity contribution < 1.29 is 36.1 Å². The van der Waals surface area contributed by atoms with Gasteiger partial charge in [0.05, 0.1) is 5.97 Å². The van der Waals surface area contributed by atoms with Crippen molar-refractivity contribution in [2.45, 2.75) is 33.6 Å². The summed E-state index contributed by atoms with van der Waals surface area (Å²) in [4.78, 5) is 10.1. The van der Waals surface area contributed by atoms with Gasteiger partial charge in [-0.05, 0) is 39.7 Å². The molecule has 0 unspecified atom stereocenters. The van der Waals surface area contributed by atoms with Crippen molar-refractivity contribution in [3.63, 3.8) is 0 Å². The molecule has 2 radical (unpaired) electrons. The first-order chi connectivity index (χ1) is 5.52. The van der Waals surface area contributed by atoms with Crippen LogP contribution in [0.2, 0.25) is 0 Å². The number of carbonyl (C=O) groups excluding carboxylic acids is 1. The van der Waals surface area contributed by atoms with Crippen LogP contribution in [0.4, 0.5) is 0 Å². The van der Waals surface area contributed by atoms with Gasteiger partial charge in [0.25, 0.3) is 0 Å². The average molecular weight is 377 g/mol. The molecule has 3 heteroatoms. The van der Waals surface area contributed by atoms with Gasteiger partial charge in [0.2, 0.25) is 0 Å². The second-order valence-corrected chi connectivity index (χ2v) is 3.13. The number of carboxylic acids is 1.